The van der Waals surface area contributed by atoms with E-state index in [0.29, 0.717) is 6.04 Å². The van der Waals surface area contributed by atoms with E-state index in [-0.39, 0.29) is 0 Å². The van der Waals surface area contributed by atoms with Crippen LogP contribution >= 0.6 is 11.8 Å². The van der Waals surface area contributed by atoms with Crippen molar-refractivity contribution in [2.75, 3.05) is 11.1 Å². The SMILES string of the molecule is CCSC1CCC(Nc2nc(C)cnc2C)C1. The Morgan fingerprint density at radius 2 is 2.24 bits per heavy atom. The predicted molar refractivity (Wildman–Crippen MR) is 74.7 cm³/mol. The van der Waals surface area contributed by atoms with Crippen LogP contribution in [-0.2, 0) is 0 Å². The minimum absolute atomic E-state index is 0.578. The number of rotatable bonds is 4. The molecule has 3 nitrogen and oxygen atoms in total. The Morgan fingerprint density at radius 3 is 3.00 bits per heavy atom. The summed E-state index contributed by atoms with van der Waals surface area (Å²) in [5, 5.41) is 4.38. The Labute approximate surface area is 108 Å². The Kier molecular flexibility index (Phi) is 4.26. The predicted octanol–water partition coefficient (Wildman–Crippen LogP) is 3.18. The highest BCUT2D eigenvalue weighted by atomic mass is 32.2. The molecule has 17 heavy (non-hydrogen) atoms. The van der Waals surface area contributed by atoms with Crippen molar-refractivity contribution >= 4 is 17.6 Å². The second-order valence-corrected chi connectivity index (χ2v) is 6.25. The number of aromatic nitrogens is 2. The van der Waals surface area contributed by atoms with Crippen molar-refractivity contribution < 1.29 is 0 Å². The van der Waals surface area contributed by atoms with E-state index in [1.165, 1.54) is 25.0 Å². The van der Waals surface area contributed by atoms with Crippen molar-refractivity contribution in [2.24, 2.45) is 0 Å². The van der Waals surface area contributed by atoms with Gasteiger partial charge in [0.1, 0.15) is 5.82 Å². The molecule has 1 aromatic heterocycles. The van der Waals surface area contributed by atoms with Gasteiger partial charge in [-0.25, -0.2) is 4.98 Å². The molecule has 2 unspecified atom stereocenters. The molecule has 1 fully saturated rings. The largest absolute Gasteiger partial charge is 0.366 e. The third kappa shape index (κ3) is 3.35. The summed E-state index contributed by atoms with van der Waals surface area (Å²) < 4.78 is 0. The van der Waals surface area contributed by atoms with Gasteiger partial charge in [0.2, 0.25) is 0 Å². The molecule has 4 heteroatoms. The lowest BCUT2D eigenvalue weighted by Gasteiger charge is -2.15. The highest BCUT2D eigenvalue weighted by molar-refractivity contribution is 7.99. The minimum atomic E-state index is 0.578. The topological polar surface area (TPSA) is 37.8 Å². The molecule has 0 saturated heterocycles. The summed E-state index contributed by atoms with van der Waals surface area (Å²) in [7, 11) is 0. The molecule has 1 aliphatic rings. The summed E-state index contributed by atoms with van der Waals surface area (Å²) in [5.41, 5.74) is 1.98. The van der Waals surface area contributed by atoms with Crippen LogP contribution in [0.4, 0.5) is 5.82 Å². The molecule has 1 N–H and O–H groups in total. The normalized spacial score (nSPS) is 23.9. The summed E-state index contributed by atoms with van der Waals surface area (Å²) in [6.45, 7) is 6.24. The van der Waals surface area contributed by atoms with Crippen molar-refractivity contribution in [1.29, 1.82) is 0 Å². The average molecular weight is 251 g/mol. The van der Waals surface area contributed by atoms with Gasteiger partial charge in [0.25, 0.3) is 0 Å². The molecular formula is C13H21N3S. The van der Waals surface area contributed by atoms with Crippen LogP contribution in [0.15, 0.2) is 6.20 Å². The number of anilines is 1. The first-order chi connectivity index (χ1) is 8.19. The first-order valence-electron chi connectivity index (χ1n) is 6.37. The molecule has 1 aromatic rings. The van der Waals surface area contributed by atoms with Crippen molar-refractivity contribution in [3.63, 3.8) is 0 Å². The van der Waals surface area contributed by atoms with Gasteiger partial charge in [-0.05, 0) is 38.9 Å². The van der Waals surface area contributed by atoms with Gasteiger partial charge in [-0.1, -0.05) is 6.92 Å². The summed E-state index contributed by atoms with van der Waals surface area (Å²) in [4.78, 5) is 8.87. The molecule has 0 spiro atoms. The summed E-state index contributed by atoms with van der Waals surface area (Å²) >= 11 is 2.08. The maximum Gasteiger partial charge on any atom is 0.147 e. The molecule has 0 bridgehead atoms. The van der Waals surface area contributed by atoms with Crippen LogP contribution in [-0.4, -0.2) is 27.0 Å². The van der Waals surface area contributed by atoms with E-state index in [0.717, 1.165) is 22.5 Å². The molecule has 0 radical (unpaired) electrons. The maximum absolute atomic E-state index is 4.53. The van der Waals surface area contributed by atoms with Gasteiger partial charge in [-0.2, -0.15) is 11.8 Å². The fraction of sp³-hybridized carbons (Fsp3) is 0.692. The van der Waals surface area contributed by atoms with Crippen LogP contribution < -0.4 is 5.32 Å². The van der Waals surface area contributed by atoms with E-state index in [2.05, 4.69) is 34.0 Å². The monoisotopic (exact) mass is 251 g/mol. The van der Waals surface area contributed by atoms with Crippen LogP contribution in [0.2, 0.25) is 0 Å². The van der Waals surface area contributed by atoms with E-state index in [1.54, 1.807) is 0 Å². The molecule has 2 atom stereocenters. The second kappa shape index (κ2) is 5.71. The summed E-state index contributed by atoms with van der Waals surface area (Å²) in [6.07, 6.45) is 5.67. The number of nitrogens with one attached hydrogen (secondary N) is 1. The standard InChI is InChI=1S/C13H21N3S/c1-4-17-12-6-5-11(7-12)16-13-10(3)14-8-9(2)15-13/h8,11-12H,4-7H2,1-3H3,(H,15,16). The van der Waals surface area contributed by atoms with Crippen molar-refractivity contribution in [1.82, 2.24) is 9.97 Å². The smallest absolute Gasteiger partial charge is 0.147 e. The van der Waals surface area contributed by atoms with Crippen LogP contribution in [0.5, 0.6) is 0 Å². The third-order valence-corrected chi connectivity index (χ3v) is 4.44. The zero-order chi connectivity index (χ0) is 12.3. The van der Waals surface area contributed by atoms with E-state index in [9.17, 15) is 0 Å². The Balaban J connectivity index is 1.95. The Hall–Kier alpha value is -0.770. The van der Waals surface area contributed by atoms with Crippen LogP contribution in [0.1, 0.15) is 37.6 Å². The second-order valence-electron chi connectivity index (χ2n) is 4.68. The minimum Gasteiger partial charge on any atom is -0.366 e. The Morgan fingerprint density at radius 1 is 1.41 bits per heavy atom. The van der Waals surface area contributed by atoms with E-state index in [1.807, 2.05) is 20.0 Å². The highest BCUT2D eigenvalue weighted by Gasteiger charge is 2.25. The highest BCUT2D eigenvalue weighted by Crippen LogP contribution is 2.31. The number of hydrogen-bond donors (Lipinski definition) is 1. The molecule has 0 aromatic carbocycles. The quantitative estimate of drug-likeness (QED) is 0.892. The van der Waals surface area contributed by atoms with Crippen molar-refractivity contribution in [3.8, 4) is 0 Å². The van der Waals surface area contributed by atoms with E-state index >= 15 is 0 Å². The molecule has 94 valence electrons. The van der Waals surface area contributed by atoms with Gasteiger partial charge in [0.05, 0.1) is 11.4 Å². The molecule has 0 amide bonds. The molecule has 1 heterocycles. The van der Waals surface area contributed by atoms with Gasteiger partial charge in [-0.15, -0.1) is 0 Å². The van der Waals surface area contributed by atoms with Crippen LogP contribution in [0.25, 0.3) is 0 Å². The Bertz CT molecular complexity index is 381. The maximum atomic E-state index is 4.53. The zero-order valence-electron chi connectivity index (χ0n) is 10.9. The summed E-state index contributed by atoms with van der Waals surface area (Å²) in [5.74, 6) is 2.19. The third-order valence-electron chi connectivity index (χ3n) is 3.20. The molecule has 2 rings (SSSR count). The zero-order valence-corrected chi connectivity index (χ0v) is 11.7. The van der Waals surface area contributed by atoms with Gasteiger partial charge in [0, 0.05) is 17.5 Å². The summed E-state index contributed by atoms with van der Waals surface area (Å²) in [6, 6.07) is 0.578. The molecule has 1 saturated carbocycles. The van der Waals surface area contributed by atoms with Crippen molar-refractivity contribution in [3.05, 3.63) is 17.6 Å². The first kappa shape index (κ1) is 12.7. The lowest BCUT2D eigenvalue weighted by Crippen LogP contribution is -2.18. The number of aryl methyl sites for hydroxylation is 2. The van der Waals surface area contributed by atoms with Gasteiger partial charge < -0.3 is 5.32 Å². The number of hydrogen-bond acceptors (Lipinski definition) is 4. The molecule has 1 aliphatic carbocycles. The fourth-order valence-corrected chi connectivity index (χ4v) is 3.47. The van der Waals surface area contributed by atoms with Crippen LogP contribution in [0, 0.1) is 13.8 Å². The molecular weight excluding hydrogens is 230 g/mol. The lowest BCUT2D eigenvalue weighted by atomic mass is 10.2. The molecule has 0 aliphatic heterocycles. The van der Waals surface area contributed by atoms with Gasteiger partial charge >= 0.3 is 0 Å². The van der Waals surface area contributed by atoms with E-state index in [4.69, 9.17) is 0 Å². The van der Waals surface area contributed by atoms with Gasteiger partial charge in [-0.3, -0.25) is 4.98 Å². The lowest BCUT2D eigenvalue weighted by molar-refractivity contribution is 0.747. The number of nitrogens with zero attached hydrogens (tertiary/aromatic N) is 2. The van der Waals surface area contributed by atoms with Crippen molar-refractivity contribution in [2.45, 2.75) is 51.3 Å². The number of thioether (sulfide) groups is 1. The first-order valence-corrected chi connectivity index (χ1v) is 7.42. The van der Waals surface area contributed by atoms with Gasteiger partial charge in [0.15, 0.2) is 0 Å². The fourth-order valence-electron chi connectivity index (χ4n) is 2.33. The van der Waals surface area contributed by atoms with Crippen LogP contribution in [0.3, 0.4) is 0 Å². The van der Waals surface area contributed by atoms with E-state index < -0.39 is 0 Å². The average Bonchev–Trinajstić information content (AvgIpc) is 2.72.